The van der Waals surface area contributed by atoms with Crippen LogP contribution in [0, 0.1) is 0 Å². The van der Waals surface area contributed by atoms with Crippen molar-refractivity contribution >= 4 is 11.9 Å². The van der Waals surface area contributed by atoms with E-state index in [0.717, 1.165) is 0 Å². The lowest BCUT2D eigenvalue weighted by Gasteiger charge is -2.07. The first-order chi connectivity index (χ1) is 5.59. The van der Waals surface area contributed by atoms with E-state index in [4.69, 9.17) is 10.5 Å². The summed E-state index contributed by atoms with van der Waals surface area (Å²) in [6.07, 6.45) is 0.273. The van der Waals surface area contributed by atoms with Gasteiger partial charge in [0.15, 0.2) is 0 Å². The molecule has 1 aliphatic rings. The van der Waals surface area contributed by atoms with Crippen molar-refractivity contribution in [2.24, 2.45) is 5.73 Å². The number of nitrogens with one attached hydrogen (secondary N) is 1. The second-order valence-corrected chi connectivity index (χ2v) is 2.83. The lowest BCUT2D eigenvalue weighted by atomic mass is 10.2. The molecule has 1 saturated heterocycles. The molecule has 12 heavy (non-hydrogen) atoms. The zero-order valence-corrected chi connectivity index (χ0v) is 6.87. The molecule has 5 heteroatoms. The Morgan fingerprint density at radius 2 is 2.25 bits per heavy atom. The Balaban J connectivity index is 2.35. The Hall–Kier alpha value is -1.10. The molecule has 0 bridgehead atoms. The molecule has 0 saturated carbocycles. The van der Waals surface area contributed by atoms with Gasteiger partial charge in [-0.25, -0.2) is 0 Å². The van der Waals surface area contributed by atoms with E-state index >= 15 is 0 Å². The van der Waals surface area contributed by atoms with Crippen LogP contribution in [0.1, 0.15) is 13.3 Å². The van der Waals surface area contributed by atoms with Crippen molar-refractivity contribution in [3.63, 3.8) is 0 Å². The topological polar surface area (TPSA) is 81.4 Å². The number of rotatable bonds is 2. The molecular weight excluding hydrogens is 160 g/mol. The maximum atomic E-state index is 10.7. The molecule has 1 amide bonds. The number of hydrogen-bond acceptors (Lipinski definition) is 4. The molecule has 3 N–H and O–H groups in total. The quantitative estimate of drug-likeness (QED) is 0.511. The highest BCUT2D eigenvalue weighted by Gasteiger charge is 2.29. The summed E-state index contributed by atoms with van der Waals surface area (Å²) in [7, 11) is 0. The molecule has 0 radical (unpaired) electrons. The first-order valence-corrected chi connectivity index (χ1v) is 3.79. The fraction of sp³-hybridized carbons (Fsp3) is 0.714. The third-order valence-electron chi connectivity index (χ3n) is 1.77. The average Bonchev–Trinajstić information content (AvgIpc) is 2.34. The normalized spacial score (nSPS) is 28.4. The lowest BCUT2D eigenvalue weighted by molar-refractivity contribution is -0.145. The van der Waals surface area contributed by atoms with Gasteiger partial charge in [0.2, 0.25) is 5.91 Å². The highest BCUT2D eigenvalue weighted by atomic mass is 16.5. The van der Waals surface area contributed by atoms with E-state index in [-0.39, 0.29) is 18.1 Å². The first-order valence-electron chi connectivity index (χ1n) is 3.79. The fourth-order valence-electron chi connectivity index (χ4n) is 1.24. The number of hydrogen-bond donors (Lipinski definition) is 2. The molecule has 2 atom stereocenters. The Labute approximate surface area is 70.2 Å². The number of amides is 1. The third-order valence-corrected chi connectivity index (χ3v) is 1.77. The molecule has 0 spiro atoms. The van der Waals surface area contributed by atoms with E-state index in [2.05, 4.69) is 5.32 Å². The fourth-order valence-corrected chi connectivity index (χ4v) is 1.24. The van der Waals surface area contributed by atoms with Crippen LogP contribution in [0.4, 0.5) is 0 Å². The van der Waals surface area contributed by atoms with E-state index in [1.807, 2.05) is 0 Å². The smallest absolute Gasteiger partial charge is 0.302 e. The first kappa shape index (κ1) is 8.99. The van der Waals surface area contributed by atoms with Crippen LogP contribution in [0.15, 0.2) is 0 Å². The van der Waals surface area contributed by atoms with Gasteiger partial charge in [0.25, 0.3) is 0 Å². The van der Waals surface area contributed by atoms with E-state index in [1.165, 1.54) is 6.92 Å². The van der Waals surface area contributed by atoms with Gasteiger partial charge in [-0.2, -0.15) is 0 Å². The van der Waals surface area contributed by atoms with E-state index in [9.17, 15) is 9.59 Å². The van der Waals surface area contributed by atoms with Gasteiger partial charge in [-0.15, -0.1) is 0 Å². The van der Waals surface area contributed by atoms with Gasteiger partial charge < -0.3 is 15.8 Å². The number of nitrogens with two attached hydrogens (primary N) is 1. The summed E-state index contributed by atoms with van der Waals surface area (Å²) < 4.78 is 4.88. The molecule has 68 valence electrons. The minimum absolute atomic E-state index is 0.208. The SMILES string of the molecule is CC(=O)OC1CN[C@H](C(N)=O)C1. The summed E-state index contributed by atoms with van der Waals surface area (Å²) in [6, 6.07) is -0.352. The molecular formula is C7H12N2O3. The van der Waals surface area contributed by atoms with Crippen molar-refractivity contribution in [2.45, 2.75) is 25.5 Å². The van der Waals surface area contributed by atoms with Crippen LogP contribution >= 0.6 is 0 Å². The lowest BCUT2D eigenvalue weighted by Crippen LogP contribution is -2.36. The van der Waals surface area contributed by atoms with Crippen molar-refractivity contribution in [3.8, 4) is 0 Å². The largest absolute Gasteiger partial charge is 0.461 e. The zero-order valence-electron chi connectivity index (χ0n) is 6.87. The molecule has 1 aliphatic heterocycles. The number of carbonyl (C=O) groups is 2. The van der Waals surface area contributed by atoms with E-state index < -0.39 is 5.91 Å². The minimum atomic E-state index is -0.398. The van der Waals surface area contributed by atoms with Crippen LogP contribution in [0.2, 0.25) is 0 Å². The van der Waals surface area contributed by atoms with Gasteiger partial charge in [-0.1, -0.05) is 0 Å². The summed E-state index contributed by atoms with van der Waals surface area (Å²) in [5, 5.41) is 2.86. The second kappa shape index (κ2) is 3.53. The molecule has 1 fully saturated rings. The van der Waals surface area contributed by atoms with Gasteiger partial charge in [-0.05, 0) is 0 Å². The molecule has 5 nitrogen and oxygen atoms in total. The summed E-state index contributed by atoms with van der Waals surface area (Å²) >= 11 is 0. The number of carbonyl (C=O) groups excluding carboxylic acids is 2. The molecule has 0 aliphatic carbocycles. The van der Waals surface area contributed by atoms with Crippen molar-refractivity contribution < 1.29 is 14.3 Å². The predicted octanol–water partition coefficient (Wildman–Crippen LogP) is -1.23. The summed E-state index contributed by atoms with van der Waals surface area (Å²) in [4.78, 5) is 21.2. The van der Waals surface area contributed by atoms with Gasteiger partial charge in [0.05, 0.1) is 6.04 Å². The molecule has 0 aromatic carbocycles. The van der Waals surface area contributed by atoms with Crippen LogP contribution in [0.25, 0.3) is 0 Å². The number of esters is 1. The van der Waals surface area contributed by atoms with Crippen molar-refractivity contribution in [3.05, 3.63) is 0 Å². The van der Waals surface area contributed by atoms with Gasteiger partial charge in [0.1, 0.15) is 6.10 Å². The van der Waals surface area contributed by atoms with Crippen LogP contribution in [-0.2, 0) is 14.3 Å². The Kier molecular flexibility index (Phi) is 2.65. The monoisotopic (exact) mass is 172 g/mol. The molecule has 0 aromatic heterocycles. The zero-order chi connectivity index (χ0) is 9.14. The van der Waals surface area contributed by atoms with Gasteiger partial charge in [-0.3, -0.25) is 9.59 Å². The molecule has 1 rings (SSSR count). The number of ether oxygens (including phenoxy) is 1. The third kappa shape index (κ3) is 2.20. The molecule has 0 aromatic rings. The molecule has 1 unspecified atom stereocenters. The molecule has 1 heterocycles. The highest BCUT2D eigenvalue weighted by molar-refractivity contribution is 5.80. The summed E-state index contributed by atoms with van der Waals surface area (Å²) in [5.41, 5.74) is 5.05. The van der Waals surface area contributed by atoms with Crippen molar-refractivity contribution in [1.82, 2.24) is 5.32 Å². The highest BCUT2D eigenvalue weighted by Crippen LogP contribution is 2.09. The Morgan fingerprint density at radius 1 is 1.58 bits per heavy atom. The van der Waals surface area contributed by atoms with E-state index in [1.54, 1.807) is 0 Å². The minimum Gasteiger partial charge on any atom is -0.461 e. The number of primary amides is 1. The van der Waals surface area contributed by atoms with Crippen LogP contribution in [0.5, 0.6) is 0 Å². The average molecular weight is 172 g/mol. The van der Waals surface area contributed by atoms with Crippen LogP contribution in [0.3, 0.4) is 0 Å². The van der Waals surface area contributed by atoms with Crippen molar-refractivity contribution in [2.75, 3.05) is 6.54 Å². The summed E-state index contributed by atoms with van der Waals surface area (Å²) in [6.45, 7) is 1.85. The van der Waals surface area contributed by atoms with Gasteiger partial charge in [0, 0.05) is 19.9 Å². The second-order valence-electron chi connectivity index (χ2n) is 2.83. The summed E-state index contributed by atoms with van der Waals surface area (Å²) in [5.74, 6) is -0.725. The van der Waals surface area contributed by atoms with Crippen molar-refractivity contribution in [1.29, 1.82) is 0 Å². The predicted molar refractivity (Wildman–Crippen MR) is 41.2 cm³/mol. The maximum Gasteiger partial charge on any atom is 0.302 e. The maximum absolute atomic E-state index is 10.7. The van der Waals surface area contributed by atoms with Crippen LogP contribution < -0.4 is 11.1 Å². The standard InChI is InChI=1S/C7H12N2O3/c1-4(10)12-5-2-6(7(8)11)9-3-5/h5-6,9H,2-3H2,1H3,(H2,8,11)/t5?,6-/m0/s1. The van der Waals surface area contributed by atoms with Gasteiger partial charge >= 0.3 is 5.97 Å². The van der Waals surface area contributed by atoms with E-state index in [0.29, 0.717) is 13.0 Å². The van der Waals surface area contributed by atoms with Crippen LogP contribution in [-0.4, -0.2) is 30.6 Å². The Bertz CT molecular complexity index is 205. The Morgan fingerprint density at radius 3 is 2.67 bits per heavy atom.